The first kappa shape index (κ1) is 20.9. The summed E-state index contributed by atoms with van der Waals surface area (Å²) in [7, 11) is 0. The van der Waals surface area contributed by atoms with E-state index in [0.717, 1.165) is 12.1 Å². The molecule has 1 aromatic carbocycles. The van der Waals surface area contributed by atoms with Gasteiger partial charge in [-0.25, -0.2) is 9.59 Å². The highest BCUT2D eigenvalue weighted by Crippen LogP contribution is 2.31. The van der Waals surface area contributed by atoms with Gasteiger partial charge >= 0.3 is 18.4 Å². The minimum atomic E-state index is -4.90. The molecule has 0 spiro atoms. The van der Waals surface area contributed by atoms with E-state index in [1.54, 1.807) is 20.8 Å². The van der Waals surface area contributed by atoms with Crippen molar-refractivity contribution in [2.45, 2.75) is 45.2 Å². The van der Waals surface area contributed by atoms with E-state index in [-0.39, 0.29) is 11.4 Å². The highest BCUT2D eigenvalue weighted by molar-refractivity contribution is 6.32. The van der Waals surface area contributed by atoms with Crippen LogP contribution in [-0.4, -0.2) is 35.2 Å². The van der Waals surface area contributed by atoms with Crippen LogP contribution in [0.1, 0.15) is 26.3 Å². The summed E-state index contributed by atoms with van der Waals surface area (Å²) in [6.07, 6.45) is -6.03. The summed E-state index contributed by atoms with van der Waals surface area (Å²) in [5, 5.41) is 11.0. The molecule has 0 aromatic heterocycles. The zero-order valence-electron chi connectivity index (χ0n) is 13.6. The van der Waals surface area contributed by atoms with Crippen molar-refractivity contribution < 1.29 is 37.3 Å². The minimum Gasteiger partial charge on any atom is -0.480 e. The minimum absolute atomic E-state index is 0.208. The summed E-state index contributed by atoms with van der Waals surface area (Å²) in [6, 6.07) is 1.98. The van der Waals surface area contributed by atoms with Crippen molar-refractivity contribution in [2.24, 2.45) is 0 Å². The maximum atomic E-state index is 12.2. The predicted octanol–water partition coefficient (Wildman–Crippen LogP) is 3.76. The maximum Gasteiger partial charge on any atom is 0.573 e. The van der Waals surface area contributed by atoms with Crippen molar-refractivity contribution >= 4 is 23.7 Å². The highest BCUT2D eigenvalue weighted by atomic mass is 35.5. The molecule has 1 rings (SSSR count). The second-order valence-corrected chi connectivity index (χ2v) is 6.46. The number of benzene rings is 1. The van der Waals surface area contributed by atoms with Gasteiger partial charge in [0.05, 0.1) is 5.02 Å². The number of aliphatic carboxylic acids is 1. The number of alkyl halides is 3. The molecule has 0 bridgehead atoms. The first-order chi connectivity index (χ1) is 11.3. The van der Waals surface area contributed by atoms with Gasteiger partial charge in [0.25, 0.3) is 0 Å². The van der Waals surface area contributed by atoms with Gasteiger partial charge in [0.2, 0.25) is 0 Å². The molecule has 2 N–H and O–H groups in total. The molecule has 0 aliphatic heterocycles. The number of amides is 1. The molecule has 0 fully saturated rings. The smallest absolute Gasteiger partial charge is 0.480 e. The quantitative estimate of drug-likeness (QED) is 0.808. The summed E-state index contributed by atoms with van der Waals surface area (Å²) in [5.74, 6) is -1.94. The van der Waals surface area contributed by atoms with Gasteiger partial charge in [-0.05, 0) is 38.5 Å². The van der Waals surface area contributed by atoms with Gasteiger partial charge in [0.1, 0.15) is 17.4 Å². The topological polar surface area (TPSA) is 84.9 Å². The number of hydrogen-bond acceptors (Lipinski definition) is 4. The first-order valence-corrected chi connectivity index (χ1v) is 7.41. The van der Waals surface area contributed by atoms with Crippen LogP contribution in [0.2, 0.25) is 5.02 Å². The number of carbonyl (C=O) groups is 2. The lowest BCUT2D eigenvalue weighted by molar-refractivity contribution is -0.274. The third kappa shape index (κ3) is 7.97. The fraction of sp³-hybridized carbons (Fsp3) is 0.467. The number of alkyl carbamates (subject to hydrolysis) is 1. The van der Waals surface area contributed by atoms with Crippen LogP contribution in [0.25, 0.3) is 0 Å². The molecular weight excluding hydrogens is 367 g/mol. The second-order valence-electron chi connectivity index (χ2n) is 6.05. The molecule has 1 aromatic rings. The Labute approximate surface area is 146 Å². The van der Waals surface area contributed by atoms with E-state index >= 15 is 0 Å². The van der Waals surface area contributed by atoms with E-state index in [2.05, 4.69) is 10.1 Å². The predicted molar refractivity (Wildman–Crippen MR) is 82.6 cm³/mol. The first-order valence-electron chi connectivity index (χ1n) is 7.03. The largest absolute Gasteiger partial charge is 0.573 e. The number of hydrogen-bond donors (Lipinski definition) is 2. The molecule has 1 amide bonds. The Hall–Kier alpha value is -2.16. The van der Waals surface area contributed by atoms with Crippen molar-refractivity contribution in [2.75, 3.05) is 0 Å². The average molecular weight is 384 g/mol. The molecule has 10 heteroatoms. The summed E-state index contributed by atoms with van der Waals surface area (Å²) in [6.45, 7) is 4.84. The van der Waals surface area contributed by atoms with Crippen molar-refractivity contribution in [3.63, 3.8) is 0 Å². The molecule has 1 atom stereocenters. The summed E-state index contributed by atoms with van der Waals surface area (Å²) < 4.78 is 45.3. The van der Waals surface area contributed by atoms with Crippen LogP contribution in [0.5, 0.6) is 5.75 Å². The third-order valence-electron chi connectivity index (χ3n) is 2.65. The Morgan fingerprint density at radius 2 is 1.88 bits per heavy atom. The summed E-state index contributed by atoms with van der Waals surface area (Å²) >= 11 is 5.71. The fourth-order valence-electron chi connectivity index (χ4n) is 1.76. The van der Waals surface area contributed by atoms with Gasteiger partial charge in [-0.15, -0.1) is 13.2 Å². The molecule has 25 heavy (non-hydrogen) atoms. The summed E-state index contributed by atoms with van der Waals surface area (Å²) in [4.78, 5) is 22.9. The molecule has 0 aliphatic rings. The zero-order chi connectivity index (χ0) is 19.4. The average Bonchev–Trinajstić information content (AvgIpc) is 2.37. The fourth-order valence-corrected chi connectivity index (χ4v) is 2.01. The Morgan fingerprint density at radius 1 is 1.28 bits per heavy atom. The normalized spacial score (nSPS) is 13.1. The van der Waals surface area contributed by atoms with Crippen LogP contribution in [0.15, 0.2) is 18.2 Å². The van der Waals surface area contributed by atoms with Crippen LogP contribution in [0.3, 0.4) is 0 Å². The van der Waals surface area contributed by atoms with E-state index in [0.29, 0.717) is 5.56 Å². The van der Waals surface area contributed by atoms with Crippen LogP contribution in [0, 0.1) is 0 Å². The van der Waals surface area contributed by atoms with Crippen LogP contribution < -0.4 is 10.1 Å². The van der Waals surface area contributed by atoms with Gasteiger partial charge in [0.15, 0.2) is 0 Å². The second kappa shape index (κ2) is 7.81. The molecule has 0 aliphatic carbocycles. The Morgan fingerprint density at radius 3 is 2.32 bits per heavy atom. The van der Waals surface area contributed by atoms with Gasteiger partial charge in [-0.3, -0.25) is 0 Å². The van der Waals surface area contributed by atoms with E-state index in [4.69, 9.17) is 16.3 Å². The van der Waals surface area contributed by atoms with Gasteiger partial charge < -0.3 is 19.9 Å². The van der Waals surface area contributed by atoms with Crippen LogP contribution in [0.4, 0.5) is 18.0 Å². The number of halogens is 4. The van der Waals surface area contributed by atoms with E-state index in [9.17, 15) is 27.9 Å². The number of ether oxygens (including phenoxy) is 2. The molecule has 6 nitrogen and oxygen atoms in total. The lowest BCUT2D eigenvalue weighted by Gasteiger charge is -2.22. The molecule has 0 heterocycles. The Balaban J connectivity index is 2.84. The molecule has 0 radical (unpaired) electrons. The van der Waals surface area contributed by atoms with E-state index in [1.165, 1.54) is 6.07 Å². The van der Waals surface area contributed by atoms with E-state index in [1.807, 2.05) is 0 Å². The van der Waals surface area contributed by atoms with Crippen molar-refractivity contribution in [1.29, 1.82) is 0 Å². The van der Waals surface area contributed by atoms with Crippen LogP contribution in [-0.2, 0) is 16.0 Å². The van der Waals surface area contributed by atoms with Gasteiger partial charge in [-0.1, -0.05) is 17.7 Å². The number of nitrogens with one attached hydrogen (secondary N) is 1. The lowest BCUT2D eigenvalue weighted by atomic mass is 10.1. The molecule has 0 saturated heterocycles. The van der Waals surface area contributed by atoms with Crippen molar-refractivity contribution in [3.05, 3.63) is 28.8 Å². The zero-order valence-corrected chi connectivity index (χ0v) is 14.4. The van der Waals surface area contributed by atoms with Crippen LogP contribution >= 0.6 is 11.6 Å². The van der Waals surface area contributed by atoms with Gasteiger partial charge in [0, 0.05) is 6.42 Å². The maximum absolute atomic E-state index is 12.2. The SMILES string of the molecule is CC(C)(C)OC(=O)N[C@@H](Cc1ccc(OC(F)(F)F)c(Cl)c1)C(=O)O. The Kier molecular flexibility index (Phi) is 6.53. The van der Waals surface area contributed by atoms with E-state index < -0.39 is 35.8 Å². The molecule has 140 valence electrons. The van der Waals surface area contributed by atoms with Crippen molar-refractivity contribution in [3.8, 4) is 5.75 Å². The Bertz CT molecular complexity index is 643. The lowest BCUT2D eigenvalue weighted by Crippen LogP contribution is -2.44. The monoisotopic (exact) mass is 383 g/mol. The highest BCUT2D eigenvalue weighted by Gasteiger charge is 2.32. The number of carbonyl (C=O) groups excluding carboxylic acids is 1. The number of rotatable bonds is 5. The number of carboxylic acid groups (broad SMARTS) is 1. The molecular formula is C15H17ClF3NO5. The standard InChI is InChI=1S/C15H17ClF3NO5/c1-14(2,3)25-13(23)20-10(12(21)22)7-8-4-5-11(9(16)6-8)24-15(17,18)19/h4-6,10H,7H2,1-3H3,(H,20,23)(H,21,22)/t10-/m0/s1. The third-order valence-corrected chi connectivity index (χ3v) is 2.95. The molecule has 0 saturated carbocycles. The van der Waals surface area contributed by atoms with Gasteiger partial charge in [-0.2, -0.15) is 0 Å². The van der Waals surface area contributed by atoms with Crippen molar-refractivity contribution in [1.82, 2.24) is 5.32 Å². The summed E-state index contributed by atoms with van der Waals surface area (Å²) in [5.41, 5.74) is -0.518. The molecule has 0 unspecified atom stereocenters. The number of carboxylic acids is 1.